The molecule has 0 bridgehead atoms. The smallest absolute Gasteiger partial charge is 0.187 e. The molecule has 1 aromatic heterocycles. The van der Waals surface area contributed by atoms with Crippen LogP contribution in [-0.2, 0) is 19.5 Å². The molecule has 1 aliphatic rings. The Bertz CT molecular complexity index is 823. The summed E-state index contributed by atoms with van der Waals surface area (Å²) in [5, 5.41) is 6.56. The fourth-order valence-electron chi connectivity index (χ4n) is 3.26. The molecular weight excluding hydrogens is 314 g/mol. The van der Waals surface area contributed by atoms with Crippen LogP contribution in [0, 0.1) is 6.92 Å². The van der Waals surface area contributed by atoms with Gasteiger partial charge in [0.2, 0.25) is 0 Å². The highest BCUT2D eigenvalue weighted by molar-refractivity contribution is 7.13. The van der Waals surface area contributed by atoms with E-state index in [2.05, 4.69) is 66.2 Å². The number of aryl methyl sites for hydroxylation is 1. The van der Waals surface area contributed by atoms with Gasteiger partial charge in [0, 0.05) is 23.1 Å². The summed E-state index contributed by atoms with van der Waals surface area (Å²) in [6.45, 7) is 5.40. The van der Waals surface area contributed by atoms with Gasteiger partial charge < -0.3 is 10.2 Å². The quantitative estimate of drug-likeness (QED) is 0.765. The van der Waals surface area contributed by atoms with Crippen molar-refractivity contribution in [3.05, 3.63) is 76.3 Å². The number of nitrogens with zero attached hydrogens (tertiary/aromatic N) is 1. The molecule has 1 unspecified atom stereocenters. The van der Waals surface area contributed by atoms with Crippen molar-refractivity contribution < 1.29 is 4.90 Å². The van der Waals surface area contributed by atoms with E-state index in [1.54, 1.807) is 16.2 Å². The topological polar surface area (TPSA) is 29.4 Å². The van der Waals surface area contributed by atoms with Crippen LogP contribution in [0.4, 0.5) is 10.8 Å². The van der Waals surface area contributed by atoms with E-state index in [1.165, 1.54) is 35.3 Å². The Kier molecular flexibility index (Phi) is 4.32. The first-order valence-corrected chi connectivity index (χ1v) is 9.33. The van der Waals surface area contributed by atoms with E-state index in [-0.39, 0.29) is 0 Å². The van der Waals surface area contributed by atoms with E-state index in [0.29, 0.717) is 0 Å². The first-order chi connectivity index (χ1) is 11.8. The van der Waals surface area contributed by atoms with E-state index in [9.17, 15) is 0 Å². The zero-order valence-corrected chi connectivity index (χ0v) is 14.7. The van der Waals surface area contributed by atoms with Crippen molar-refractivity contribution in [1.29, 1.82) is 0 Å². The highest BCUT2D eigenvalue weighted by Gasteiger charge is 2.20. The summed E-state index contributed by atoms with van der Waals surface area (Å²) in [5.41, 5.74) is 6.56. The van der Waals surface area contributed by atoms with Crippen LogP contribution >= 0.6 is 11.3 Å². The van der Waals surface area contributed by atoms with E-state index in [0.717, 1.165) is 23.9 Å². The monoisotopic (exact) mass is 336 g/mol. The number of anilines is 2. The van der Waals surface area contributed by atoms with Crippen LogP contribution in [0.15, 0.2) is 53.9 Å². The van der Waals surface area contributed by atoms with Gasteiger partial charge in [0.25, 0.3) is 0 Å². The highest BCUT2D eigenvalue weighted by Crippen LogP contribution is 2.21. The van der Waals surface area contributed by atoms with E-state index in [1.807, 2.05) is 0 Å². The third kappa shape index (κ3) is 3.50. The predicted octanol–water partition coefficient (Wildman–Crippen LogP) is 3.34. The number of thiazole rings is 1. The van der Waals surface area contributed by atoms with Gasteiger partial charge in [0.05, 0.1) is 6.54 Å². The van der Waals surface area contributed by atoms with Gasteiger partial charge in [-0.15, -0.1) is 11.3 Å². The minimum Gasteiger partial charge on any atom is -0.332 e. The van der Waals surface area contributed by atoms with Crippen molar-refractivity contribution in [3.63, 3.8) is 0 Å². The maximum Gasteiger partial charge on any atom is 0.187 e. The van der Waals surface area contributed by atoms with Crippen LogP contribution in [0.3, 0.4) is 0 Å². The number of benzene rings is 2. The number of quaternary nitrogens is 1. The van der Waals surface area contributed by atoms with Crippen molar-refractivity contribution in [3.8, 4) is 0 Å². The normalized spacial score (nSPS) is 16.6. The predicted molar refractivity (Wildman–Crippen MR) is 100.0 cm³/mol. The fraction of sp³-hybridized carbons (Fsp3) is 0.250. The van der Waals surface area contributed by atoms with Crippen LogP contribution in [0.25, 0.3) is 0 Å². The van der Waals surface area contributed by atoms with E-state index in [4.69, 9.17) is 4.98 Å². The van der Waals surface area contributed by atoms with Crippen LogP contribution in [0.5, 0.6) is 0 Å². The molecule has 2 aromatic carbocycles. The van der Waals surface area contributed by atoms with Crippen molar-refractivity contribution >= 4 is 22.2 Å². The average molecular weight is 336 g/mol. The summed E-state index contributed by atoms with van der Waals surface area (Å²) < 4.78 is 0. The molecular formula is C20H22N3S+. The van der Waals surface area contributed by atoms with Crippen molar-refractivity contribution in [1.82, 2.24) is 4.98 Å². The molecule has 0 aliphatic carbocycles. The zero-order chi connectivity index (χ0) is 16.4. The van der Waals surface area contributed by atoms with Crippen molar-refractivity contribution in [2.45, 2.75) is 26.4 Å². The molecule has 0 spiro atoms. The van der Waals surface area contributed by atoms with Gasteiger partial charge in [-0.3, -0.25) is 0 Å². The average Bonchev–Trinajstić information content (AvgIpc) is 3.04. The van der Waals surface area contributed by atoms with Gasteiger partial charge in [-0.05, 0) is 24.6 Å². The Morgan fingerprint density at radius 2 is 1.88 bits per heavy atom. The maximum atomic E-state index is 4.76. The third-order valence-corrected chi connectivity index (χ3v) is 5.40. The molecule has 24 heavy (non-hydrogen) atoms. The lowest BCUT2D eigenvalue weighted by Gasteiger charge is -2.25. The van der Waals surface area contributed by atoms with Gasteiger partial charge in [0.15, 0.2) is 5.13 Å². The Morgan fingerprint density at radius 1 is 1.08 bits per heavy atom. The molecule has 3 aromatic rings. The van der Waals surface area contributed by atoms with Gasteiger partial charge in [-0.1, -0.05) is 42.0 Å². The van der Waals surface area contributed by atoms with Gasteiger partial charge in [-0.25, -0.2) is 4.98 Å². The lowest BCUT2D eigenvalue weighted by molar-refractivity contribution is -0.929. The zero-order valence-electron chi connectivity index (χ0n) is 13.9. The molecule has 0 saturated carbocycles. The SMILES string of the molecule is Cc1ccc(Nc2nc(C[NH+]3CCc4ccccc4C3)cs2)cc1. The summed E-state index contributed by atoms with van der Waals surface area (Å²) in [4.78, 5) is 6.36. The second-order valence-electron chi connectivity index (χ2n) is 6.51. The maximum absolute atomic E-state index is 4.76. The van der Waals surface area contributed by atoms with Crippen molar-refractivity contribution in [2.75, 3.05) is 11.9 Å². The van der Waals surface area contributed by atoms with Crippen LogP contribution in [0.2, 0.25) is 0 Å². The van der Waals surface area contributed by atoms with E-state index >= 15 is 0 Å². The Hall–Kier alpha value is -2.17. The minimum absolute atomic E-state index is 0.977. The second-order valence-corrected chi connectivity index (χ2v) is 7.37. The van der Waals surface area contributed by atoms with Gasteiger partial charge in [0.1, 0.15) is 18.8 Å². The number of nitrogens with one attached hydrogen (secondary N) is 2. The number of aromatic nitrogens is 1. The molecule has 122 valence electrons. The number of hydrogen-bond donors (Lipinski definition) is 2. The molecule has 3 nitrogen and oxygen atoms in total. The van der Waals surface area contributed by atoms with Gasteiger partial charge >= 0.3 is 0 Å². The first-order valence-electron chi connectivity index (χ1n) is 8.45. The minimum atomic E-state index is 0.977. The molecule has 1 atom stereocenters. The largest absolute Gasteiger partial charge is 0.332 e. The fourth-order valence-corrected chi connectivity index (χ4v) is 3.99. The standard InChI is InChI=1S/C20H21N3S/c1-15-6-8-18(9-7-15)21-20-22-19(14-24-20)13-23-11-10-16-4-2-3-5-17(16)12-23/h2-9,14H,10-13H2,1H3,(H,21,22)/p+1. The first kappa shape index (κ1) is 15.4. The summed E-state index contributed by atoms with van der Waals surface area (Å²) in [7, 11) is 0. The lowest BCUT2D eigenvalue weighted by atomic mass is 10.00. The number of rotatable bonds is 4. The van der Waals surface area contributed by atoms with Crippen LogP contribution in [-0.4, -0.2) is 11.5 Å². The summed E-state index contributed by atoms with van der Waals surface area (Å²) in [5.74, 6) is 0. The van der Waals surface area contributed by atoms with Crippen LogP contribution in [0.1, 0.15) is 22.4 Å². The Morgan fingerprint density at radius 3 is 2.71 bits per heavy atom. The Labute approximate surface area is 147 Å². The molecule has 4 rings (SSSR count). The third-order valence-electron chi connectivity index (χ3n) is 4.59. The van der Waals surface area contributed by atoms with Gasteiger partial charge in [-0.2, -0.15) is 0 Å². The van der Waals surface area contributed by atoms with Crippen LogP contribution < -0.4 is 10.2 Å². The Balaban J connectivity index is 1.40. The molecule has 0 amide bonds. The summed E-state index contributed by atoms with van der Waals surface area (Å²) in [6, 6.07) is 17.3. The molecule has 0 radical (unpaired) electrons. The molecule has 4 heteroatoms. The highest BCUT2D eigenvalue weighted by atomic mass is 32.1. The van der Waals surface area contributed by atoms with E-state index < -0.39 is 0 Å². The second kappa shape index (κ2) is 6.75. The molecule has 2 N–H and O–H groups in total. The molecule has 0 saturated heterocycles. The molecule has 0 fully saturated rings. The number of fused-ring (bicyclic) bond motifs is 1. The lowest BCUT2D eigenvalue weighted by Crippen LogP contribution is -3.10. The summed E-state index contributed by atoms with van der Waals surface area (Å²) in [6.07, 6.45) is 1.17. The number of hydrogen-bond acceptors (Lipinski definition) is 3. The molecule has 2 heterocycles. The summed E-state index contributed by atoms with van der Waals surface area (Å²) >= 11 is 1.69. The molecule has 1 aliphatic heterocycles. The van der Waals surface area contributed by atoms with Crippen molar-refractivity contribution in [2.24, 2.45) is 0 Å².